The van der Waals surface area contributed by atoms with Gasteiger partial charge in [-0.3, -0.25) is 14.3 Å². The molecule has 0 aliphatic carbocycles. The van der Waals surface area contributed by atoms with Crippen LogP contribution in [-0.2, 0) is 12.8 Å². The van der Waals surface area contributed by atoms with E-state index in [1.807, 2.05) is 23.7 Å². The zero-order chi connectivity index (χ0) is 23.9. The van der Waals surface area contributed by atoms with Crippen LogP contribution in [0.25, 0.3) is 28.2 Å². The second kappa shape index (κ2) is 8.72. The molecule has 0 saturated carbocycles. The number of rotatable bonds is 5. The normalized spacial score (nSPS) is 12.7. The van der Waals surface area contributed by atoms with Gasteiger partial charge in [0, 0.05) is 41.0 Å². The number of methoxy groups -OCH3 is 1. The Balaban J connectivity index is 1.69. The van der Waals surface area contributed by atoms with E-state index < -0.39 is 0 Å². The fraction of sp³-hybridized carbons (Fsp3) is 0.296. The molecular weight excluding hydrogens is 444 g/mol. The third kappa shape index (κ3) is 4.12. The molecule has 3 aromatic heterocycles. The van der Waals surface area contributed by atoms with Crippen LogP contribution in [0.15, 0.2) is 53.5 Å². The molecule has 0 fully saturated rings. The highest BCUT2D eigenvalue weighted by atomic mass is 32.1. The summed E-state index contributed by atoms with van der Waals surface area (Å²) < 4.78 is 7.91. The van der Waals surface area contributed by atoms with Crippen molar-refractivity contribution < 1.29 is 9.53 Å². The van der Waals surface area contributed by atoms with Crippen molar-refractivity contribution in [3.63, 3.8) is 0 Å². The molecule has 0 atom stereocenters. The summed E-state index contributed by atoms with van der Waals surface area (Å²) in [5, 5.41) is 7.20. The SMILES string of the molecule is COc1cc2c(cc1-c1cccnc1)-n1c(-c3ccsc3)nc(C(=O)NCC(C)(C)C)c1CC2. The molecule has 0 saturated heterocycles. The number of carbonyl (C=O) groups is 1. The van der Waals surface area contributed by atoms with Crippen molar-refractivity contribution in [3.05, 3.63) is 70.4 Å². The van der Waals surface area contributed by atoms with E-state index in [0.29, 0.717) is 12.2 Å². The lowest BCUT2D eigenvalue weighted by Gasteiger charge is -2.24. The largest absolute Gasteiger partial charge is 0.496 e. The predicted octanol–water partition coefficient (Wildman–Crippen LogP) is 5.55. The number of nitrogens with zero attached hydrogens (tertiary/aromatic N) is 3. The third-order valence-corrected chi connectivity index (χ3v) is 6.68. The van der Waals surface area contributed by atoms with Crippen LogP contribution in [0, 0.1) is 5.41 Å². The van der Waals surface area contributed by atoms with E-state index in [0.717, 1.165) is 52.5 Å². The number of nitrogens with one attached hydrogen (secondary N) is 1. The maximum Gasteiger partial charge on any atom is 0.271 e. The Morgan fingerprint density at radius 1 is 1.21 bits per heavy atom. The number of fused-ring (bicyclic) bond motifs is 3. The number of carbonyl (C=O) groups excluding carboxylic acids is 1. The van der Waals surface area contributed by atoms with E-state index >= 15 is 0 Å². The first-order chi connectivity index (χ1) is 16.4. The van der Waals surface area contributed by atoms with E-state index in [9.17, 15) is 4.79 Å². The van der Waals surface area contributed by atoms with Crippen molar-refractivity contribution >= 4 is 17.2 Å². The van der Waals surface area contributed by atoms with Crippen LogP contribution in [0.2, 0.25) is 0 Å². The summed E-state index contributed by atoms with van der Waals surface area (Å²) >= 11 is 1.62. The quantitative estimate of drug-likeness (QED) is 0.414. The van der Waals surface area contributed by atoms with Gasteiger partial charge in [0.1, 0.15) is 17.3 Å². The van der Waals surface area contributed by atoms with Crippen LogP contribution in [0.5, 0.6) is 5.75 Å². The Labute approximate surface area is 203 Å². The zero-order valence-electron chi connectivity index (χ0n) is 19.9. The van der Waals surface area contributed by atoms with Crippen molar-refractivity contribution in [3.8, 4) is 34.0 Å². The predicted molar refractivity (Wildman–Crippen MR) is 136 cm³/mol. The molecule has 0 unspecified atom stereocenters. The van der Waals surface area contributed by atoms with Gasteiger partial charge in [-0.15, -0.1) is 0 Å². The molecule has 0 bridgehead atoms. The number of ether oxygens (including phenoxy) is 1. The van der Waals surface area contributed by atoms with Crippen LogP contribution < -0.4 is 10.1 Å². The van der Waals surface area contributed by atoms with E-state index in [2.05, 4.69) is 59.2 Å². The lowest BCUT2D eigenvalue weighted by molar-refractivity contribution is 0.0933. The first kappa shape index (κ1) is 22.3. The van der Waals surface area contributed by atoms with Crippen LogP contribution in [-0.4, -0.2) is 34.1 Å². The summed E-state index contributed by atoms with van der Waals surface area (Å²) in [6.45, 7) is 6.91. The molecule has 0 radical (unpaired) electrons. The number of benzene rings is 1. The van der Waals surface area contributed by atoms with Crippen molar-refractivity contribution in [2.45, 2.75) is 33.6 Å². The second-order valence-electron chi connectivity index (χ2n) is 9.74. The number of aryl methyl sites for hydroxylation is 1. The smallest absolute Gasteiger partial charge is 0.271 e. The summed E-state index contributed by atoms with van der Waals surface area (Å²) in [6.07, 6.45) is 5.15. The van der Waals surface area contributed by atoms with Crippen LogP contribution in [0.3, 0.4) is 0 Å². The van der Waals surface area contributed by atoms with Crippen molar-refractivity contribution in [1.29, 1.82) is 0 Å². The number of hydrogen-bond acceptors (Lipinski definition) is 5. The number of amides is 1. The van der Waals surface area contributed by atoms with Crippen LogP contribution >= 0.6 is 11.3 Å². The van der Waals surface area contributed by atoms with E-state index in [4.69, 9.17) is 9.72 Å². The third-order valence-electron chi connectivity index (χ3n) is 5.99. The average Bonchev–Trinajstić information content (AvgIpc) is 3.50. The molecule has 4 aromatic rings. The Morgan fingerprint density at radius 3 is 2.74 bits per heavy atom. The molecule has 34 heavy (non-hydrogen) atoms. The highest BCUT2D eigenvalue weighted by Gasteiger charge is 2.30. The summed E-state index contributed by atoms with van der Waals surface area (Å²) in [4.78, 5) is 22.4. The molecular formula is C27H28N4O2S. The van der Waals surface area contributed by atoms with E-state index in [-0.39, 0.29) is 11.3 Å². The highest BCUT2D eigenvalue weighted by molar-refractivity contribution is 7.08. The number of hydrogen-bond donors (Lipinski definition) is 1. The Bertz CT molecular complexity index is 1340. The summed E-state index contributed by atoms with van der Waals surface area (Å²) in [7, 11) is 1.70. The number of aromatic nitrogens is 3. The van der Waals surface area contributed by atoms with Crippen LogP contribution in [0.4, 0.5) is 0 Å². The van der Waals surface area contributed by atoms with Gasteiger partial charge in [0.15, 0.2) is 0 Å². The van der Waals surface area contributed by atoms with E-state index in [1.165, 1.54) is 5.56 Å². The number of pyridine rings is 1. The molecule has 6 nitrogen and oxygen atoms in total. The standard InChI is InChI=1S/C27H28N4O2S/c1-27(2,3)16-29-26(32)24-21-8-7-17-12-23(33-4)20(18-6-5-10-28-14-18)13-22(17)31(21)25(30-24)19-9-11-34-15-19/h5-6,9-15H,7-8,16H2,1-4H3,(H,29,32). The molecule has 5 rings (SSSR count). The monoisotopic (exact) mass is 472 g/mol. The Morgan fingerprint density at radius 2 is 2.06 bits per heavy atom. The Kier molecular flexibility index (Phi) is 5.73. The number of imidazole rings is 1. The number of thiophene rings is 1. The van der Waals surface area contributed by atoms with Crippen molar-refractivity contribution in [2.24, 2.45) is 5.41 Å². The first-order valence-electron chi connectivity index (χ1n) is 11.4. The van der Waals surface area contributed by atoms with Gasteiger partial charge in [-0.05, 0) is 53.5 Å². The fourth-order valence-corrected chi connectivity index (χ4v) is 4.96. The van der Waals surface area contributed by atoms with Gasteiger partial charge in [-0.1, -0.05) is 26.8 Å². The summed E-state index contributed by atoms with van der Waals surface area (Å²) in [5.74, 6) is 1.49. The first-order valence-corrected chi connectivity index (χ1v) is 12.3. The van der Waals surface area contributed by atoms with Gasteiger partial charge in [-0.25, -0.2) is 4.98 Å². The molecule has 1 aliphatic rings. The summed E-state index contributed by atoms with van der Waals surface area (Å²) in [6, 6.07) is 10.3. The molecule has 1 amide bonds. The average molecular weight is 473 g/mol. The minimum atomic E-state index is -0.121. The lowest BCUT2D eigenvalue weighted by Crippen LogP contribution is -2.33. The van der Waals surface area contributed by atoms with Gasteiger partial charge in [0.25, 0.3) is 5.91 Å². The molecule has 1 aromatic carbocycles. The van der Waals surface area contributed by atoms with Gasteiger partial charge in [0.2, 0.25) is 0 Å². The molecule has 4 heterocycles. The Hall–Kier alpha value is -3.45. The van der Waals surface area contributed by atoms with Crippen molar-refractivity contribution in [2.75, 3.05) is 13.7 Å². The fourth-order valence-electron chi connectivity index (χ4n) is 4.33. The zero-order valence-corrected chi connectivity index (χ0v) is 20.7. The van der Waals surface area contributed by atoms with E-state index in [1.54, 1.807) is 24.6 Å². The lowest BCUT2D eigenvalue weighted by atomic mass is 9.95. The van der Waals surface area contributed by atoms with Gasteiger partial charge in [-0.2, -0.15) is 11.3 Å². The molecule has 1 N–H and O–H groups in total. The molecule has 174 valence electrons. The maximum absolute atomic E-state index is 13.2. The van der Waals surface area contributed by atoms with Gasteiger partial charge >= 0.3 is 0 Å². The van der Waals surface area contributed by atoms with Crippen molar-refractivity contribution in [1.82, 2.24) is 19.9 Å². The minimum absolute atomic E-state index is 0.00653. The van der Waals surface area contributed by atoms with Gasteiger partial charge in [0.05, 0.1) is 18.5 Å². The van der Waals surface area contributed by atoms with Crippen LogP contribution in [0.1, 0.15) is 42.5 Å². The summed E-state index contributed by atoms with van der Waals surface area (Å²) in [5.41, 5.74) is 6.61. The second-order valence-corrected chi connectivity index (χ2v) is 10.5. The van der Waals surface area contributed by atoms with Gasteiger partial charge < -0.3 is 10.1 Å². The maximum atomic E-state index is 13.2. The topological polar surface area (TPSA) is 69.0 Å². The molecule has 1 aliphatic heterocycles. The minimum Gasteiger partial charge on any atom is -0.496 e. The molecule has 0 spiro atoms. The highest BCUT2D eigenvalue weighted by Crippen LogP contribution is 2.40. The molecule has 7 heteroatoms.